The van der Waals surface area contributed by atoms with E-state index in [0.29, 0.717) is 12.3 Å². The number of hydrogen-bond acceptors (Lipinski definition) is 7. The number of likely N-dealkylation sites (N-methyl/N-ethyl adjacent to an activating group) is 1. The maximum Gasteiger partial charge on any atom is 0.260 e. The van der Waals surface area contributed by atoms with E-state index in [0.717, 1.165) is 20.9 Å². The minimum Gasteiger partial charge on any atom is -0.484 e. The van der Waals surface area contributed by atoms with Gasteiger partial charge in [0.05, 0.1) is 22.4 Å². The molecule has 136 valence electrons. The highest BCUT2D eigenvalue weighted by molar-refractivity contribution is 7.18. The molecular formula is C18H16N6O2S. The van der Waals surface area contributed by atoms with Crippen LogP contribution in [0.15, 0.2) is 54.9 Å². The van der Waals surface area contributed by atoms with Gasteiger partial charge < -0.3 is 9.64 Å². The summed E-state index contributed by atoms with van der Waals surface area (Å²) in [7, 11) is 1.75. The molecule has 4 rings (SSSR count). The smallest absolute Gasteiger partial charge is 0.260 e. The molecular weight excluding hydrogens is 364 g/mol. The molecule has 0 fully saturated rings. The second-order valence-corrected chi connectivity index (χ2v) is 6.98. The zero-order chi connectivity index (χ0) is 18.6. The van der Waals surface area contributed by atoms with Crippen molar-refractivity contribution in [1.29, 1.82) is 0 Å². The van der Waals surface area contributed by atoms with Crippen LogP contribution in [0.5, 0.6) is 5.75 Å². The first-order chi connectivity index (χ1) is 13.2. The molecule has 4 aromatic rings. The van der Waals surface area contributed by atoms with Gasteiger partial charge in [-0.2, -0.15) is 0 Å². The highest BCUT2D eigenvalue weighted by Crippen LogP contribution is 2.22. The average Bonchev–Trinajstić information content (AvgIpc) is 3.35. The van der Waals surface area contributed by atoms with Crippen LogP contribution in [0.3, 0.4) is 0 Å². The van der Waals surface area contributed by atoms with Gasteiger partial charge in [-0.3, -0.25) is 4.79 Å². The predicted molar refractivity (Wildman–Crippen MR) is 101 cm³/mol. The van der Waals surface area contributed by atoms with Crippen LogP contribution in [0.2, 0.25) is 0 Å². The molecule has 0 aliphatic rings. The van der Waals surface area contributed by atoms with Crippen LogP contribution in [0, 0.1) is 0 Å². The van der Waals surface area contributed by atoms with Gasteiger partial charge in [0.2, 0.25) is 0 Å². The standard InChI is InChI=1S/C18H16N6O2S/c1-23(10-17-20-15-4-2-3-5-16(15)27-17)18(25)11-26-14-8-6-13(7-9-14)24-12-19-21-22-24/h2-9,12H,10-11H2,1H3. The molecule has 0 aliphatic heterocycles. The average molecular weight is 380 g/mol. The van der Waals surface area contributed by atoms with Crippen molar-refractivity contribution in [3.63, 3.8) is 0 Å². The van der Waals surface area contributed by atoms with Gasteiger partial charge in [-0.15, -0.1) is 16.4 Å². The minimum absolute atomic E-state index is 0.0361. The summed E-state index contributed by atoms with van der Waals surface area (Å²) in [4.78, 5) is 18.5. The molecule has 27 heavy (non-hydrogen) atoms. The van der Waals surface area contributed by atoms with E-state index >= 15 is 0 Å². The molecule has 9 heteroatoms. The number of hydrogen-bond donors (Lipinski definition) is 0. The van der Waals surface area contributed by atoms with Crippen molar-refractivity contribution in [2.24, 2.45) is 0 Å². The van der Waals surface area contributed by atoms with Crippen LogP contribution in [0.4, 0.5) is 0 Å². The van der Waals surface area contributed by atoms with Gasteiger partial charge in [0.15, 0.2) is 6.61 Å². The fourth-order valence-corrected chi connectivity index (χ4v) is 3.53. The molecule has 2 heterocycles. The van der Waals surface area contributed by atoms with Gasteiger partial charge in [0.1, 0.15) is 17.1 Å². The fourth-order valence-electron chi connectivity index (χ4n) is 2.51. The van der Waals surface area contributed by atoms with Crippen LogP contribution in [-0.4, -0.2) is 49.7 Å². The number of carbonyl (C=O) groups is 1. The highest BCUT2D eigenvalue weighted by atomic mass is 32.1. The number of tetrazole rings is 1. The Kier molecular flexibility index (Phi) is 4.75. The van der Waals surface area contributed by atoms with Gasteiger partial charge in [-0.25, -0.2) is 9.67 Å². The summed E-state index contributed by atoms with van der Waals surface area (Å²) in [6.45, 7) is 0.422. The Hall–Kier alpha value is -3.33. The second kappa shape index (κ2) is 7.50. The van der Waals surface area contributed by atoms with E-state index in [-0.39, 0.29) is 12.5 Å². The van der Waals surface area contributed by atoms with Gasteiger partial charge in [-0.05, 0) is 46.8 Å². The van der Waals surface area contributed by atoms with Crippen molar-refractivity contribution in [2.75, 3.05) is 13.7 Å². The monoisotopic (exact) mass is 380 g/mol. The molecule has 0 spiro atoms. The summed E-state index contributed by atoms with van der Waals surface area (Å²) < 4.78 is 8.25. The number of para-hydroxylation sites is 1. The fraction of sp³-hybridized carbons (Fsp3) is 0.167. The highest BCUT2D eigenvalue weighted by Gasteiger charge is 2.13. The molecule has 0 N–H and O–H groups in total. The Balaban J connectivity index is 1.33. The first-order valence-electron chi connectivity index (χ1n) is 8.24. The SMILES string of the molecule is CN(Cc1nc2ccccc2s1)C(=O)COc1ccc(-n2cnnn2)cc1. The molecule has 0 saturated carbocycles. The summed E-state index contributed by atoms with van der Waals surface area (Å²) in [6.07, 6.45) is 1.51. The molecule has 0 unspecified atom stereocenters. The summed E-state index contributed by atoms with van der Waals surface area (Å²) in [5.41, 5.74) is 1.77. The molecule has 8 nitrogen and oxygen atoms in total. The second-order valence-electron chi connectivity index (χ2n) is 5.86. The number of ether oxygens (including phenoxy) is 1. The number of amides is 1. The molecule has 0 bridgehead atoms. The van der Waals surface area contributed by atoms with Gasteiger partial charge in [-0.1, -0.05) is 12.1 Å². The Morgan fingerprint density at radius 1 is 1.19 bits per heavy atom. The quantitative estimate of drug-likeness (QED) is 0.510. The van der Waals surface area contributed by atoms with Crippen molar-refractivity contribution < 1.29 is 9.53 Å². The van der Waals surface area contributed by atoms with Crippen LogP contribution in [0.1, 0.15) is 5.01 Å². The zero-order valence-corrected chi connectivity index (χ0v) is 15.3. The van der Waals surface area contributed by atoms with Crippen molar-refractivity contribution in [3.8, 4) is 11.4 Å². The van der Waals surface area contributed by atoms with Crippen molar-refractivity contribution >= 4 is 27.5 Å². The lowest BCUT2D eigenvalue weighted by Gasteiger charge is -2.16. The van der Waals surface area contributed by atoms with E-state index in [1.807, 2.05) is 36.4 Å². The first kappa shape index (κ1) is 17.1. The third-order valence-corrected chi connectivity index (χ3v) is 4.97. The maximum atomic E-state index is 12.3. The molecule has 2 aromatic heterocycles. The summed E-state index contributed by atoms with van der Waals surface area (Å²) >= 11 is 1.59. The minimum atomic E-state index is -0.112. The normalized spacial score (nSPS) is 10.9. The van der Waals surface area contributed by atoms with E-state index in [1.165, 1.54) is 6.33 Å². The van der Waals surface area contributed by atoms with E-state index in [4.69, 9.17) is 4.74 Å². The summed E-state index contributed by atoms with van der Waals surface area (Å²) in [6, 6.07) is 15.1. The van der Waals surface area contributed by atoms with Crippen LogP contribution in [-0.2, 0) is 11.3 Å². The lowest BCUT2D eigenvalue weighted by atomic mass is 10.3. The molecule has 1 amide bonds. The lowest BCUT2D eigenvalue weighted by Crippen LogP contribution is -2.30. The Labute approximate surface area is 159 Å². The summed E-state index contributed by atoms with van der Waals surface area (Å²) in [5.74, 6) is 0.493. The molecule has 0 atom stereocenters. The van der Waals surface area contributed by atoms with Gasteiger partial charge in [0.25, 0.3) is 5.91 Å². The van der Waals surface area contributed by atoms with Crippen molar-refractivity contribution in [2.45, 2.75) is 6.54 Å². The predicted octanol–water partition coefficient (Wildman–Crippen LogP) is 2.31. The topological polar surface area (TPSA) is 86.0 Å². The number of nitrogens with zero attached hydrogens (tertiary/aromatic N) is 6. The number of aromatic nitrogens is 5. The molecule has 0 saturated heterocycles. The van der Waals surface area contributed by atoms with E-state index < -0.39 is 0 Å². The number of benzene rings is 2. The van der Waals surface area contributed by atoms with E-state index in [2.05, 4.69) is 20.5 Å². The Morgan fingerprint density at radius 3 is 2.74 bits per heavy atom. The number of rotatable bonds is 6. The number of fused-ring (bicyclic) bond motifs is 1. The van der Waals surface area contributed by atoms with Crippen molar-refractivity contribution in [3.05, 3.63) is 59.9 Å². The van der Waals surface area contributed by atoms with Gasteiger partial charge >= 0.3 is 0 Å². The largest absolute Gasteiger partial charge is 0.484 e. The van der Waals surface area contributed by atoms with Crippen LogP contribution in [0.25, 0.3) is 15.9 Å². The zero-order valence-electron chi connectivity index (χ0n) is 14.5. The summed E-state index contributed by atoms with van der Waals surface area (Å²) in [5, 5.41) is 11.9. The molecule has 2 aromatic carbocycles. The van der Waals surface area contributed by atoms with Crippen LogP contribution < -0.4 is 4.74 Å². The van der Waals surface area contributed by atoms with E-state index in [1.54, 1.807) is 40.1 Å². The van der Waals surface area contributed by atoms with Gasteiger partial charge in [0, 0.05) is 7.05 Å². The van der Waals surface area contributed by atoms with E-state index in [9.17, 15) is 4.79 Å². The first-order valence-corrected chi connectivity index (χ1v) is 9.05. The number of carbonyl (C=O) groups excluding carboxylic acids is 1. The molecule has 0 aliphatic carbocycles. The number of thiazole rings is 1. The lowest BCUT2D eigenvalue weighted by molar-refractivity contribution is -0.132. The van der Waals surface area contributed by atoms with Crippen LogP contribution >= 0.6 is 11.3 Å². The Morgan fingerprint density at radius 2 is 2.00 bits per heavy atom. The maximum absolute atomic E-state index is 12.3. The molecule has 0 radical (unpaired) electrons. The van der Waals surface area contributed by atoms with Crippen molar-refractivity contribution in [1.82, 2.24) is 30.1 Å². The third-order valence-electron chi connectivity index (χ3n) is 3.95. The Bertz CT molecular complexity index is 1010. The third kappa shape index (κ3) is 3.93.